The van der Waals surface area contributed by atoms with Gasteiger partial charge in [0.2, 0.25) is 0 Å². The maximum atomic E-state index is 12.9. The Labute approximate surface area is 166 Å². The molecule has 0 radical (unpaired) electrons. The highest BCUT2D eigenvalue weighted by molar-refractivity contribution is 7.87. The fourth-order valence-electron chi connectivity index (χ4n) is 2.46. The Kier molecular flexibility index (Phi) is 7.27. The minimum atomic E-state index is -3.55. The summed E-state index contributed by atoms with van der Waals surface area (Å²) in [5.41, 5.74) is 1.47. The van der Waals surface area contributed by atoms with Crippen molar-refractivity contribution >= 4 is 27.6 Å². The van der Waals surface area contributed by atoms with Gasteiger partial charge in [0.1, 0.15) is 5.75 Å². The lowest BCUT2D eigenvalue weighted by molar-refractivity contribution is 0.0671. The molecule has 1 atom stereocenters. The van der Waals surface area contributed by atoms with Crippen molar-refractivity contribution in [3.63, 3.8) is 0 Å². The van der Waals surface area contributed by atoms with Crippen molar-refractivity contribution in [1.82, 2.24) is 4.90 Å². The first-order valence-corrected chi connectivity index (χ1v) is 10.8. The monoisotopic (exact) mass is 409 g/mol. The van der Waals surface area contributed by atoms with Crippen LogP contribution in [-0.2, 0) is 16.7 Å². The molecule has 27 heavy (non-hydrogen) atoms. The molecule has 0 aromatic heterocycles. The van der Waals surface area contributed by atoms with Gasteiger partial charge in [0.05, 0.1) is 5.75 Å². The number of carbonyl (C=O) groups is 1. The van der Waals surface area contributed by atoms with E-state index in [1.165, 1.54) is 6.92 Å². The zero-order chi connectivity index (χ0) is 20.0. The van der Waals surface area contributed by atoms with Gasteiger partial charge < -0.3 is 9.08 Å². The topological polar surface area (TPSA) is 63.7 Å². The Hall–Kier alpha value is -2.05. The zero-order valence-electron chi connectivity index (χ0n) is 15.7. The predicted octanol–water partition coefficient (Wildman–Crippen LogP) is 4.51. The lowest BCUT2D eigenvalue weighted by Gasteiger charge is -2.29. The van der Waals surface area contributed by atoms with Crippen LogP contribution in [0.4, 0.5) is 0 Å². The van der Waals surface area contributed by atoms with E-state index in [0.717, 1.165) is 12.0 Å². The van der Waals surface area contributed by atoms with Crippen LogP contribution in [0.15, 0.2) is 48.5 Å². The number of nitrogens with zero attached hydrogens (tertiary/aromatic N) is 1. The van der Waals surface area contributed by atoms with E-state index in [4.69, 9.17) is 15.8 Å². The molecule has 0 N–H and O–H groups in total. The van der Waals surface area contributed by atoms with Gasteiger partial charge in [-0.1, -0.05) is 30.7 Å². The first kappa shape index (κ1) is 21.3. The van der Waals surface area contributed by atoms with Gasteiger partial charge in [-0.15, -0.1) is 0 Å². The summed E-state index contributed by atoms with van der Waals surface area (Å²) >= 11 is 5.91. The lowest BCUT2D eigenvalue weighted by Crippen LogP contribution is -2.37. The summed E-state index contributed by atoms with van der Waals surface area (Å²) in [6.07, 6.45) is 0.815. The molecule has 0 heterocycles. The average Bonchev–Trinajstić information content (AvgIpc) is 2.66. The average molecular weight is 410 g/mol. The van der Waals surface area contributed by atoms with Crippen LogP contribution in [0.25, 0.3) is 0 Å². The molecule has 7 heteroatoms. The smallest absolute Gasteiger partial charge is 0.308 e. The van der Waals surface area contributed by atoms with Gasteiger partial charge in [0.25, 0.3) is 5.91 Å². The normalized spacial score (nSPS) is 12.4. The molecule has 5 nitrogen and oxygen atoms in total. The van der Waals surface area contributed by atoms with Crippen molar-refractivity contribution in [2.45, 2.75) is 39.8 Å². The largest absolute Gasteiger partial charge is 0.382 e. The van der Waals surface area contributed by atoms with Crippen molar-refractivity contribution < 1.29 is 17.4 Å². The zero-order valence-corrected chi connectivity index (χ0v) is 17.3. The fourth-order valence-corrected chi connectivity index (χ4v) is 3.11. The van der Waals surface area contributed by atoms with E-state index in [0.29, 0.717) is 17.1 Å². The molecule has 0 unspecified atom stereocenters. The summed E-state index contributed by atoms with van der Waals surface area (Å²) in [5, 5.41) is 0.583. The first-order chi connectivity index (χ1) is 12.8. The van der Waals surface area contributed by atoms with Crippen LogP contribution < -0.4 is 4.18 Å². The van der Waals surface area contributed by atoms with E-state index in [1.54, 1.807) is 53.4 Å². The maximum Gasteiger partial charge on any atom is 0.308 e. The molecular formula is C20H24ClNO4S. The van der Waals surface area contributed by atoms with Crippen LogP contribution in [-0.4, -0.2) is 31.0 Å². The third kappa shape index (κ3) is 5.97. The number of benzene rings is 2. The molecule has 2 aromatic carbocycles. The molecule has 0 fully saturated rings. The van der Waals surface area contributed by atoms with Crippen LogP contribution in [0.3, 0.4) is 0 Å². The van der Waals surface area contributed by atoms with Gasteiger partial charge >= 0.3 is 10.1 Å². The van der Waals surface area contributed by atoms with Crippen molar-refractivity contribution in [2.75, 3.05) is 5.75 Å². The minimum absolute atomic E-state index is 0.0459. The molecule has 0 spiro atoms. The number of rotatable bonds is 8. The van der Waals surface area contributed by atoms with E-state index in [-0.39, 0.29) is 23.5 Å². The van der Waals surface area contributed by atoms with Crippen LogP contribution >= 0.6 is 11.6 Å². The summed E-state index contributed by atoms with van der Waals surface area (Å²) in [6.45, 7) is 5.96. The Balaban J connectivity index is 2.18. The second-order valence-electron chi connectivity index (χ2n) is 6.27. The minimum Gasteiger partial charge on any atom is -0.382 e. The second-order valence-corrected chi connectivity index (χ2v) is 8.57. The standard InChI is InChI=1S/C20H24ClNO4S/c1-4-15(3)22(20(23)17-8-10-18(21)11-9-17)14-16-6-12-19(13-7-16)26-27(24,25)5-2/h6-13,15H,4-5,14H2,1-3H3/t15-/m0/s1. The Bertz CT molecular complexity index is 864. The molecule has 2 aromatic rings. The van der Waals surface area contributed by atoms with Gasteiger partial charge in [0.15, 0.2) is 0 Å². The van der Waals surface area contributed by atoms with Gasteiger partial charge in [-0.25, -0.2) is 0 Å². The predicted molar refractivity (Wildman–Crippen MR) is 108 cm³/mol. The first-order valence-electron chi connectivity index (χ1n) is 8.83. The van der Waals surface area contributed by atoms with Gasteiger partial charge in [-0.2, -0.15) is 8.42 Å². The van der Waals surface area contributed by atoms with Gasteiger partial charge in [0, 0.05) is 23.2 Å². The fraction of sp³-hybridized carbons (Fsp3) is 0.350. The molecule has 0 aliphatic heterocycles. The summed E-state index contributed by atoms with van der Waals surface area (Å²) in [5.74, 6) is 0.0983. The van der Waals surface area contributed by atoms with Gasteiger partial charge in [-0.05, 0) is 62.2 Å². The van der Waals surface area contributed by atoms with Crippen LogP contribution in [0, 0.1) is 0 Å². The lowest BCUT2D eigenvalue weighted by atomic mass is 10.1. The summed E-state index contributed by atoms with van der Waals surface area (Å²) in [7, 11) is -3.55. The van der Waals surface area contributed by atoms with Crippen LogP contribution in [0.2, 0.25) is 5.02 Å². The quantitative estimate of drug-likeness (QED) is 0.602. The third-order valence-corrected chi connectivity index (χ3v) is 5.73. The molecule has 0 aliphatic rings. The van der Waals surface area contributed by atoms with Crippen LogP contribution in [0.1, 0.15) is 43.1 Å². The van der Waals surface area contributed by atoms with Crippen LogP contribution in [0.5, 0.6) is 5.75 Å². The number of hydrogen-bond acceptors (Lipinski definition) is 4. The molecule has 1 amide bonds. The van der Waals surface area contributed by atoms with Crippen molar-refractivity contribution in [3.05, 3.63) is 64.7 Å². The third-order valence-electron chi connectivity index (χ3n) is 4.33. The number of carbonyl (C=O) groups excluding carboxylic acids is 1. The molecule has 0 saturated heterocycles. The molecule has 0 saturated carbocycles. The highest BCUT2D eigenvalue weighted by atomic mass is 35.5. The van der Waals surface area contributed by atoms with E-state index in [9.17, 15) is 13.2 Å². The Morgan fingerprint density at radius 1 is 1.07 bits per heavy atom. The van der Waals surface area contributed by atoms with Crippen molar-refractivity contribution in [2.24, 2.45) is 0 Å². The SMILES string of the molecule is CC[C@H](C)N(Cc1ccc(OS(=O)(=O)CC)cc1)C(=O)c1ccc(Cl)cc1. The van der Waals surface area contributed by atoms with E-state index in [1.807, 2.05) is 13.8 Å². The van der Waals surface area contributed by atoms with Gasteiger partial charge in [-0.3, -0.25) is 4.79 Å². The van der Waals surface area contributed by atoms with E-state index < -0.39 is 10.1 Å². The summed E-state index contributed by atoms with van der Waals surface area (Å²) in [6, 6.07) is 13.6. The molecule has 2 rings (SSSR count). The van der Waals surface area contributed by atoms with Crippen molar-refractivity contribution in [3.8, 4) is 5.75 Å². The molecule has 146 valence electrons. The molecule has 0 bridgehead atoms. The van der Waals surface area contributed by atoms with E-state index in [2.05, 4.69) is 0 Å². The van der Waals surface area contributed by atoms with E-state index >= 15 is 0 Å². The number of hydrogen-bond donors (Lipinski definition) is 0. The number of amides is 1. The highest BCUT2D eigenvalue weighted by Gasteiger charge is 2.21. The second kappa shape index (κ2) is 9.24. The Morgan fingerprint density at radius 2 is 1.67 bits per heavy atom. The summed E-state index contributed by atoms with van der Waals surface area (Å²) < 4.78 is 28.1. The Morgan fingerprint density at radius 3 is 2.19 bits per heavy atom. The molecular weight excluding hydrogens is 386 g/mol. The number of halogens is 1. The highest BCUT2D eigenvalue weighted by Crippen LogP contribution is 2.20. The molecule has 0 aliphatic carbocycles. The maximum absolute atomic E-state index is 12.9. The van der Waals surface area contributed by atoms with Crippen molar-refractivity contribution in [1.29, 1.82) is 0 Å². The summed E-state index contributed by atoms with van der Waals surface area (Å²) in [4.78, 5) is 14.7.